The molecule has 0 spiro atoms. The van der Waals surface area contributed by atoms with E-state index in [0.29, 0.717) is 23.1 Å². The Balaban J connectivity index is 1.59. The fourth-order valence-corrected chi connectivity index (χ4v) is 4.17. The van der Waals surface area contributed by atoms with Crippen molar-refractivity contribution in [3.63, 3.8) is 0 Å². The zero-order chi connectivity index (χ0) is 22.2. The minimum Gasteiger partial charge on any atom is -0.496 e. The number of amides is 1. The number of carbonyl (C=O) groups is 1. The molecule has 1 amide bonds. The molecule has 3 aromatic rings. The van der Waals surface area contributed by atoms with E-state index in [4.69, 9.17) is 21.7 Å². The van der Waals surface area contributed by atoms with Crippen LogP contribution in [0.15, 0.2) is 52.3 Å². The Labute approximate surface area is 199 Å². The molecule has 1 aromatic heterocycles. The molecule has 0 aliphatic heterocycles. The number of rotatable bonds is 8. The molecule has 0 unspecified atom stereocenters. The number of carbonyl (C=O) groups excluding carboxylic acids is 1. The van der Waals surface area contributed by atoms with Crippen molar-refractivity contribution in [2.75, 3.05) is 19.0 Å². The number of thiocarbonyl (C=S) groups is 1. The second-order valence-corrected chi connectivity index (χ2v) is 8.65. The SMILES string of the molecule is CCCCOc1cccc(C(=O)NC(=S)Nc2nc(-c3ccc(OC)c(Br)c3)cs2)c1. The molecule has 0 radical (unpaired) electrons. The second-order valence-electron chi connectivity index (χ2n) is 6.53. The average molecular weight is 520 g/mol. The highest BCUT2D eigenvalue weighted by Crippen LogP contribution is 2.32. The van der Waals surface area contributed by atoms with E-state index in [1.54, 1.807) is 25.3 Å². The largest absolute Gasteiger partial charge is 0.496 e. The molecule has 0 aliphatic rings. The fourth-order valence-electron chi connectivity index (χ4n) is 2.65. The monoisotopic (exact) mass is 519 g/mol. The molecule has 162 valence electrons. The van der Waals surface area contributed by atoms with E-state index < -0.39 is 0 Å². The van der Waals surface area contributed by atoms with Gasteiger partial charge in [-0.25, -0.2) is 4.98 Å². The number of methoxy groups -OCH3 is 1. The first kappa shape index (κ1) is 23.2. The Morgan fingerprint density at radius 1 is 1.26 bits per heavy atom. The van der Waals surface area contributed by atoms with Gasteiger partial charge in [0, 0.05) is 16.5 Å². The summed E-state index contributed by atoms with van der Waals surface area (Å²) in [6, 6.07) is 12.8. The van der Waals surface area contributed by atoms with Gasteiger partial charge in [-0.2, -0.15) is 0 Å². The molecule has 0 bridgehead atoms. The molecule has 2 aromatic carbocycles. The molecule has 3 rings (SSSR count). The van der Waals surface area contributed by atoms with E-state index in [0.717, 1.165) is 34.3 Å². The molecule has 2 N–H and O–H groups in total. The quantitative estimate of drug-likeness (QED) is 0.285. The van der Waals surface area contributed by atoms with Crippen LogP contribution in [0, 0.1) is 0 Å². The number of nitrogens with one attached hydrogen (secondary N) is 2. The number of thiazole rings is 1. The van der Waals surface area contributed by atoms with Crippen LogP contribution in [0.1, 0.15) is 30.1 Å². The lowest BCUT2D eigenvalue weighted by atomic mass is 10.2. The third kappa shape index (κ3) is 6.49. The van der Waals surface area contributed by atoms with E-state index in [1.807, 2.05) is 29.6 Å². The van der Waals surface area contributed by atoms with Gasteiger partial charge in [-0.15, -0.1) is 11.3 Å². The number of anilines is 1. The summed E-state index contributed by atoms with van der Waals surface area (Å²) in [6.45, 7) is 2.72. The molecule has 0 aliphatic carbocycles. The van der Waals surface area contributed by atoms with Crippen LogP contribution in [0.3, 0.4) is 0 Å². The highest BCUT2D eigenvalue weighted by atomic mass is 79.9. The lowest BCUT2D eigenvalue weighted by molar-refractivity contribution is 0.0977. The Hall–Kier alpha value is -2.49. The Morgan fingerprint density at radius 3 is 2.84 bits per heavy atom. The molecule has 0 saturated heterocycles. The fraction of sp³-hybridized carbons (Fsp3) is 0.227. The Bertz CT molecular complexity index is 1070. The van der Waals surface area contributed by atoms with Gasteiger partial charge in [-0.3, -0.25) is 10.1 Å². The van der Waals surface area contributed by atoms with E-state index in [9.17, 15) is 4.79 Å². The van der Waals surface area contributed by atoms with Gasteiger partial charge in [0.25, 0.3) is 5.91 Å². The minimum absolute atomic E-state index is 0.180. The number of ether oxygens (including phenoxy) is 2. The minimum atomic E-state index is -0.311. The maximum absolute atomic E-state index is 12.5. The van der Waals surface area contributed by atoms with Gasteiger partial charge >= 0.3 is 0 Å². The molecule has 0 atom stereocenters. The van der Waals surface area contributed by atoms with Crippen LogP contribution in [-0.4, -0.2) is 29.7 Å². The zero-order valence-electron chi connectivity index (χ0n) is 17.1. The van der Waals surface area contributed by atoms with Crippen molar-refractivity contribution in [2.24, 2.45) is 0 Å². The van der Waals surface area contributed by atoms with Crippen molar-refractivity contribution in [1.82, 2.24) is 10.3 Å². The molecular formula is C22H22BrN3O3S2. The number of hydrogen-bond donors (Lipinski definition) is 2. The number of aromatic nitrogens is 1. The first-order chi connectivity index (χ1) is 15.0. The van der Waals surface area contributed by atoms with Gasteiger partial charge in [-0.05, 0) is 71.0 Å². The normalized spacial score (nSPS) is 10.4. The highest BCUT2D eigenvalue weighted by Gasteiger charge is 2.12. The predicted molar refractivity (Wildman–Crippen MR) is 132 cm³/mol. The molecule has 0 fully saturated rings. The van der Waals surface area contributed by atoms with Crippen molar-refractivity contribution in [2.45, 2.75) is 19.8 Å². The number of nitrogens with zero attached hydrogens (tertiary/aromatic N) is 1. The molecular weight excluding hydrogens is 498 g/mol. The molecule has 6 nitrogen and oxygen atoms in total. The van der Waals surface area contributed by atoms with Gasteiger partial charge in [0.15, 0.2) is 10.2 Å². The maximum atomic E-state index is 12.5. The maximum Gasteiger partial charge on any atom is 0.257 e. The van der Waals surface area contributed by atoms with Crippen LogP contribution in [0.4, 0.5) is 5.13 Å². The van der Waals surface area contributed by atoms with Crippen LogP contribution < -0.4 is 20.1 Å². The first-order valence-electron chi connectivity index (χ1n) is 9.64. The third-order valence-corrected chi connectivity index (χ3v) is 5.84. The molecule has 9 heteroatoms. The van der Waals surface area contributed by atoms with E-state index >= 15 is 0 Å². The number of unbranched alkanes of at least 4 members (excludes halogenated alkanes) is 1. The number of halogens is 1. The van der Waals surface area contributed by atoms with E-state index in [2.05, 4.69) is 38.5 Å². The summed E-state index contributed by atoms with van der Waals surface area (Å²) in [6.07, 6.45) is 2.02. The summed E-state index contributed by atoms with van der Waals surface area (Å²) in [5.41, 5.74) is 2.20. The molecule has 31 heavy (non-hydrogen) atoms. The van der Waals surface area contributed by atoms with Crippen LogP contribution in [0.25, 0.3) is 11.3 Å². The van der Waals surface area contributed by atoms with Gasteiger partial charge in [0.05, 0.1) is 23.9 Å². The summed E-state index contributed by atoms with van der Waals surface area (Å²) < 4.78 is 11.8. The smallest absolute Gasteiger partial charge is 0.257 e. The first-order valence-corrected chi connectivity index (χ1v) is 11.7. The standard InChI is InChI=1S/C22H22BrN3O3S2/c1-3-4-10-29-16-7-5-6-15(11-16)20(27)25-21(30)26-22-24-18(13-31-22)14-8-9-19(28-2)17(23)12-14/h5-9,11-13H,3-4,10H2,1-2H3,(H2,24,25,26,27,30). The number of benzene rings is 2. The third-order valence-electron chi connectivity index (χ3n) is 4.26. The number of hydrogen-bond acceptors (Lipinski definition) is 6. The van der Waals surface area contributed by atoms with Gasteiger partial charge < -0.3 is 14.8 Å². The van der Waals surface area contributed by atoms with Crippen LogP contribution in [0.5, 0.6) is 11.5 Å². The van der Waals surface area contributed by atoms with Crippen molar-refractivity contribution in [1.29, 1.82) is 0 Å². The average Bonchev–Trinajstić information content (AvgIpc) is 3.22. The Kier molecular flexibility index (Phi) is 8.39. The summed E-state index contributed by atoms with van der Waals surface area (Å²) in [4.78, 5) is 17.1. The van der Waals surface area contributed by atoms with Crippen LogP contribution in [0.2, 0.25) is 0 Å². The lowest BCUT2D eigenvalue weighted by Crippen LogP contribution is -2.34. The molecule has 1 heterocycles. The topological polar surface area (TPSA) is 72.5 Å². The van der Waals surface area contributed by atoms with Crippen molar-refractivity contribution in [3.8, 4) is 22.8 Å². The van der Waals surface area contributed by atoms with Gasteiger partial charge in [-0.1, -0.05) is 19.4 Å². The van der Waals surface area contributed by atoms with E-state index in [-0.39, 0.29) is 11.0 Å². The summed E-state index contributed by atoms with van der Waals surface area (Å²) in [5, 5.41) is 8.33. The van der Waals surface area contributed by atoms with Gasteiger partial charge in [0.2, 0.25) is 0 Å². The van der Waals surface area contributed by atoms with Crippen molar-refractivity contribution >= 4 is 55.6 Å². The zero-order valence-corrected chi connectivity index (χ0v) is 20.3. The lowest BCUT2D eigenvalue weighted by Gasteiger charge is -2.09. The highest BCUT2D eigenvalue weighted by molar-refractivity contribution is 9.10. The molecule has 0 saturated carbocycles. The van der Waals surface area contributed by atoms with Crippen molar-refractivity contribution < 1.29 is 14.3 Å². The summed E-state index contributed by atoms with van der Waals surface area (Å²) in [5.74, 6) is 1.10. The second kappa shape index (κ2) is 11.2. The van der Waals surface area contributed by atoms with Crippen LogP contribution in [-0.2, 0) is 0 Å². The van der Waals surface area contributed by atoms with Crippen molar-refractivity contribution in [3.05, 3.63) is 57.9 Å². The Morgan fingerprint density at radius 2 is 2.10 bits per heavy atom. The van der Waals surface area contributed by atoms with E-state index in [1.165, 1.54) is 11.3 Å². The van der Waals surface area contributed by atoms with Crippen LogP contribution >= 0.6 is 39.5 Å². The predicted octanol–water partition coefficient (Wildman–Crippen LogP) is 5.89. The summed E-state index contributed by atoms with van der Waals surface area (Å²) >= 11 is 10.2. The van der Waals surface area contributed by atoms with Gasteiger partial charge in [0.1, 0.15) is 11.5 Å². The summed E-state index contributed by atoms with van der Waals surface area (Å²) in [7, 11) is 1.62.